The minimum Gasteiger partial charge on any atom is -0.444 e. The van der Waals surface area contributed by atoms with E-state index in [1.54, 1.807) is 4.90 Å². The molecule has 1 atom stereocenters. The molecule has 1 aromatic rings. The number of hydrogen-bond acceptors (Lipinski definition) is 5. The van der Waals surface area contributed by atoms with Gasteiger partial charge in [0.05, 0.1) is 12.2 Å². The summed E-state index contributed by atoms with van der Waals surface area (Å²) < 4.78 is 5.44. The summed E-state index contributed by atoms with van der Waals surface area (Å²) in [5, 5.41) is 3.48. The van der Waals surface area contributed by atoms with Gasteiger partial charge in [-0.3, -0.25) is 0 Å². The third kappa shape index (κ3) is 4.19. The first kappa shape index (κ1) is 16.2. The number of nitrogens with one attached hydrogen (secondary N) is 1. The normalized spacial score (nSPS) is 21.2. The minimum absolute atomic E-state index is 0.262. The predicted octanol–water partition coefficient (Wildman–Crippen LogP) is 2.06. The number of carbonyl (C=O) groups is 1. The van der Waals surface area contributed by atoms with Crippen molar-refractivity contribution in [2.24, 2.45) is 0 Å². The van der Waals surface area contributed by atoms with Crippen molar-refractivity contribution in [1.29, 1.82) is 0 Å². The van der Waals surface area contributed by atoms with E-state index in [4.69, 9.17) is 9.72 Å². The SMILES string of the molecule is CC(C)(C)OC(=O)N1CCc2nc(CC3CCCN3)ncc2C1. The third-order valence-electron chi connectivity index (χ3n) is 4.23. The highest BCUT2D eigenvalue weighted by atomic mass is 16.6. The van der Waals surface area contributed by atoms with Crippen LogP contribution in [0.5, 0.6) is 0 Å². The summed E-state index contributed by atoms with van der Waals surface area (Å²) in [4.78, 5) is 23.1. The monoisotopic (exact) mass is 318 g/mol. The second-order valence-corrected chi connectivity index (χ2v) is 7.41. The summed E-state index contributed by atoms with van der Waals surface area (Å²) in [6.45, 7) is 7.94. The first-order valence-electron chi connectivity index (χ1n) is 8.46. The summed E-state index contributed by atoms with van der Waals surface area (Å²) in [6.07, 6.45) is 5.71. The van der Waals surface area contributed by atoms with E-state index in [0.717, 1.165) is 36.5 Å². The van der Waals surface area contributed by atoms with Gasteiger partial charge >= 0.3 is 6.09 Å². The van der Waals surface area contributed by atoms with Crippen LogP contribution in [-0.4, -0.2) is 45.7 Å². The number of amides is 1. The van der Waals surface area contributed by atoms with Crippen molar-refractivity contribution >= 4 is 6.09 Å². The van der Waals surface area contributed by atoms with Crippen LogP contribution in [0.1, 0.15) is 50.7 Å². The van der Waals surface area contributed by atoms with Gasteiger partial charge < -0.3 is 15.0 Å². The van der Waals surface area contributed by atoms with Gasteiger partial charge in [-0.25, -0.2) is 14.8 Å². The quantitative estimate of drug-likeness (QED) is 0.904. The fraction of sp³-hybridized carbons (Fsp3) is 0.706. The Bertz CT molecular complexity index is 576. The zero-order valence-electron chi connectivity index (χ0n) is 14.3. The molecule has 3 rings (SSSR count). The molecule has 1 N–H and O–H groups in total. The van der Waals surface area contributed by atoms with Crippen LogP contribution >= 0.6 is 0 Å². The Hall–Kier alpha value is -1.69. The van der Waals surface area contributed by atoms with Gasteiger partial charge in [-0.1, -0.05) is 0 Å². The van der Waals surface area contributed by atoms with Crippen LogP contribution in [0.25, 0.3) is 0 Å². The van der Waals surface area contributed by atoms with Crippen LogP contribution < -0.4 is 5.32 Å². The second-order valence-electron chi connectivity index (χ2n) is 7.41. The number of ether oxygens (including phenoxy) is 1. The molecule has 1 aromatic heterocycles. The highest BCUT2D eigenvalue weighted by Gasteiger charge is 2.27. The highest BCUT2D eigenvalue weighted by Crippen LogP contribution is 2.20. The maximum Gasteiger partial charge on any atom is 0.410 e. The lowest BCUT2D eigenvalue weighted by Crippen LogP contribution is -2.40. The lowest BCUT2D eigenvalue weighted by molar-refractivity contribution is 0.0222. The molecule has 23 heavy (non-hydrogen) atoms. The molecule has 0 saturated carbocycles. The number of hydrogen-bond donors (Lipinski definition) is 1. The van der Waals surface area contributed by atoms with Crippen molar-refractivity contribution in [3.63, 3.8) is 0 Å². The zero-order chi connectivity index (χ0) is 16.4. The molecule has 1 saturated heterocycles. The Kier molecular flexibility index (Phi) is 4.53. The number of rotatable bonds is 2. The van der Waals surface area contributed by atoms with Crippen molar-refractivity contribution in [1.82, 2.24) is 20.2 Å². The van der Waals surface area contributed by atoms with Crippen LogP contribution in [0.2, 0.25) is 0 Å². The standard InChI is InChI=1S/C17H26N4O2/c1-17(2,3)23-16(22)21-8-6-14-12(11-21)10-19-15(20-14)9-13-5-4-7-18-13/h10,13,18H,4-9,11H2,1-3H3. The van der Waals surface area contributed by atoms with Gasteiger partial charge in [0.25, 0.3) is 0 Å². The fourth-order valence-electron chi connectivity index (χ4n) is 3.09. The van der Waals surface area contributed by atoms with E-state index in [0.29, 0.717) is 19.1 Å². The molecule has 126 valence electrons. The van der Waals surface area contributed by atoms with Crippen molar-refractivity contribution in [2.45, 2.75) is 64.6 Å². The van der Waals surface area contributed by atoms with E-state index in [1.807, 2.05) is 27.0 Å². The first-order chi connectivity index (χ1) is 10.9. The number of aromatic nitrogens is 2. The van der Waals surface area contributed by atoms with Gasteiger partial charge in [-0.2, -0.15) is 0 Å². The molecule has 0 radical (unpaired) electrons. The number of fused-ring (bicyclic) bond motifs is 1. The largest absolute Gasteiger partial charge is 0.444 e. The fourth-order valence-corrected chi connectivity index (χ4v) is 3.09. The van der Waals surface area contributed by atoms with Gasteiger partial charge in [0.15, 0.2) is 0 Å². The minimum atomic E-state index is -0.466. The molecule has 3 heterocycles. The van der Waals surface area contributed by atoms with Crippen LogP contribution in [0.4, 0.5) is 4.79 Å². The van der Waals surface area contributed by atoms with Crippen LogP contribution in [0.15, 0.2) is 6.20 Å². The van der Waals surface area contributed by atoms with E-state index in [1.165, 1.54) is 12.8 Å². The molecule has 0 aromatic carbocycles. The number of carbonyl (C=O) groups excluding carboxylic acids is 1. The summed E-state index contributed by atoms with van der Waals surface area (Å²) >= 11 is 0. The van der Waals surface area contributed by atoms with Gasteiger partial charge in [-0.15, -0.1) is 0 Å². The van der Waals surface area contributed by atoms with E-state index in [9.17, 15) is 4.79 Å². The van der Waals surface area contributed by atoms with Gasteiger partial charge in [-0.05, 0) is 40.2 Å². The smallest absolute Gasteiger partial charge is 0.410 e. The van der Waals surface area contributed by atoms with Gasteiger partial charge in [0.1, 0.15) is 11.4 Å². The predicted molar refractivity (Wildman–Crippen MR) is 87.1 cm³/mol. The van der Waals surface area contributed by atoms with E-state index < -0.39 is 5.60 Å². The summed E-state index contributed by atoms with van der Waals surface area (Å²) in [6, 6.07) is 0.509. The molecule has 0 bridgehead atoms. The molecule has 2 aliphatic heterocycles. The molecule has 0 aliphatic carbocycles. The van der Waals surface area contributed by atoms with E-state index in [-0.39, 0.29) is 6.09 Å². The van der Waals surface area contributed by atoms with Crippen LogP contribution in [0.3, 0.4) is 0 Å². The molecule has 0 spiro atoms. The van der Waals surface area contributed by atoms with Crippen molar-refractivity contribution in [2.75, 3.05) is 13.1 Å². The van der Waals surface area contributed by atoms with Gasteiger partial charge in [0, 0.05) is 37.2 Å². The molecular weight excluding hydrogens is 292 g/mol. The molecule has 1 unspecified atom stereocenters. The lowest BCUT2D eigenvalue weighted by Gasteiger charge is -2.30. The maximum atomic E-state index is 12.2. The second kappa shape index (κ2) is 6.43. The van der Waals surface area contributed by atoms with Crippen LogP contribution in [0, 0.1) is 0 Å². The number of nitrogens with zero attached hydrogens (tertiary/aromatic N) is 3. The van der Waals surface area contributed by atoms with E-state index in [2.05, 4.69) is 10.3 Å². The van der Waals surface area contributed by atoms with Gasteiger partial charge in [0.2, 0.25) is 0 Å². The zero-order valence-corrected chi connectivity index (χ0v) is 14.3. The Balaban J connectivity index is 1.64. The summed E-state index contributed by atoms with van der Waals surface area (Å²) in [5.41, 5.74) is 1.64. The van der Waals surface area contributed by atoms with Crippen molar-refractivity contribution < 1.29 is 9.53 Å². The van der Waals surface area contributed by atoms with E-state index >= 15 is 0 Å². The first-order valence-corrected chi connectivity index (χ1v) is 8.46. The molecule has 6 nitrogen and oxygen atoms in total. The Morgan fingerprint density at radius 3 is 3.00 bits per heavy atom. The maximum absolute atomic E-state index is 12.2. The Morgan fingerprint density at radius 2 is 2.30 bits per heavy atom. The average Bonchev–Trinajstić information content (AvgIpc) is 2.98. The summed E-state index contributed by atoms with van der Waals surface area (Å²) in [5.74, 6) is 0.911. The summed E-state index contributed by atoms with van der Waals surface area (Å²) in [7, 11) is 0. The lowest BCUT2D eigenvalue weighted by atomic mass is 10.1. The Labute approximate surface area is 137 Å². The van der Waals surface area contributed by atoms with Crippen LogP contribution in [-0.2, 0) is 24.1 Å². The van der Waals surface area contributed by atoms with Crippen molar-refractivity contribution in [3.8, 4) is 0 Å². The third-order valence-corrected chi connectivity index (χ3v) is 4.23. The molecule has 2 aliphatic rings. The molecular formula is C17H26N4O2. The topological polar surface area (TPSA) is 67.3 Å². The average molecular weight is 318 g/mol. The van der Waals surface area contributed by atoms with Crippen molar-refractivity contribution in [3.05, 3.63) is 23.3 Å². The molecule has 6 heteroatoms. The Morgan fingerprint density at radius 1 is 1.48 bits per heavy atom. The molecule has 1 fully saturated rings. The highest BCUT2D eigenvalue weighted by molar-refractivity contribution is 5.68. The molecule has 1 amide bonds.